The van der Waals surface area contributed by atoms with Crippen molar-refractivity contribution in [3.63, 3.8) is 0 Å². The normalized spacial score (nSPS) is 12.7. The van der Waals surface area contributed by atoms with Gasteiger partial charge in [-0.25, -0.2) is 8.42 Å². The van der Waals surface area contributed by atoms with Crippen LogP contribution in [0.5, 0.6) is 0 Å². The lowest BCUT2D eigenvalue weighted by molar-refractivity contribution is 0.0997. The zero-order chi connectivity index (χ0) is 19.8. The van der Waals surface area contributed by atoms with E-state index in [1.54, 1.807) is 19.1 Å². The Balaban J connectivity index is 2.12. The summed E-state index contributed by atoms with van der Waals surface area (Å²) in [4.78, 5) is 17.8. The first-order valence-corrected chi connectivity index (χ1v) is 11.3. The summed E-state index contributed by atoms with van der Waals surface area (Å²) in [6.07, 6.45) is 0. The summed E-state index contributed by atoms with van der Waals surface area (Å²) in [6, 6.07) is 10.3. The van der Waals surface area contributed by atoms with E-state index in [2.05, 4.69) is 31.0 Å². The van der Waals surface area contributed by atoms with Crippen LogP contribution in [0.1, 0.15) is 35.3 Å². The fourth-order valence-corrected chi connectivity index (χ4v) is 4.95. The molecular weight excluding hydrogens is 380 g/mol. The number of thiazole rings is 1. The molecule has 3 rings (SSSR count). The zero-order valence-corrected chi connectivity index (χ0v) is 17.4. The Hall–Kier alpha value is -2.25. The average Bonchev–Trinajstić information content (AvgIpc) is 2.98. The molecule has 27 heavy (non-hydrogen) atoms. The average molecular weight is 403 g/mol. The number of hydrogen-bond acceptors (Lipinski definition) is 4. The van der Waals surface area contributed by atoms with Crippen molar-refractivity contribution in [2.24, 2.45) is 4.99 Å². The standard InChI is InChI=1S/C20H22N2O3S2/c1-5-22-17-10-13(3)14(4)11-18(17)26-20(22)21-19(23)15-8-7-9-16(12-15)27(24,25)6-2/h7-12H,5-6H2,1-4H3. The van der Waals surface area contributed by atoms with E-state index in [0.29, 0.717) is 11.3 Å². The van der Waals surface area contributed by atoms with Crippen LogP contribution in [-0.2, 0) is 16.4 Å². The second kappa shape index (κ2) is 7.40. The van der Waals surface area contributed by atoms with Crippen molar-refractivity contribution in [3.8, 4) is 0 Å². The molecule has 0 unspecified atom stereocenters. The highest BCUT2D eigenvalue weighted by atomic mass is 32.2. The number of hydrogen-bond donors (Lipinski definition) is 0. The summed E-state index contributed by atoms with van der Waals surface area (Å²) in [7, 11) is -3.37. The SMILES string of the molecule is CCn1c(=NC(=O)c2cccc(S(=O)(=O)CC)c2)sc2cc(C)c(C)cc21. The van der Waals surface area contributed by atoms with Gasteiger partial charge in [-0.05, 0) is 62.2 Å². The van der Waals surface area contributed by atoms with Crippen LogP contribution in [0.2, 0.25) is 0 Å². The second-order valence-electron chi connectivity index (χ2n) is 6.38. The maximum absolute atomic E-state index is 12.7. The van der Waals surface area contributed by atoms with Crippen molar-refractivity contribution in [1.82, 2.24) is 4.57 Å². The number of benzene rings is 2. The van der Waals surface area contributed by atoms with E-state index >= 15 is 0 Å². The van der Waals surface area contributed by atoms with Gasteiger partial charge in [0.25, 0.3) is 5.91 Å². The highest BCUT2D eigenvalue weighted by Gasteiger charge is 2.15. The minimum atomic E-state index is -3.37. The minimum Gasteiger partial charge on any atom is -0.317 e. The molecule has 0 spiro atoms. The molecule has 1 aromatic heterocycles. The third-order valence-corrected chi connectivity index (χ3v) is 7.41. The fraction of sp³-hybridized carbons (Fsp3) is 0.300. The highest BCUT2D eigenvalue weighted by Crippen LogP contribution is 2.22. The number of carbonyl (C=O) groups is 1. The molecule has 5 nitrogen and oxygen atoms in total. The van der Waals surface area contributed by atoms with Gasteiger partial charge in [0.2, 0.25) is 0 Å². The van der Waals surface area contributed by atoms with E-state index in [4.69, 9.17) is 0 Å². The number of aryl methyl sites for hydroxylation is 3. The van der Waals surface area contributed by atoms with Crippen molar-refractivity contribution in [2.75, 3.05) is 5.75 Å². The van der Waals surface area contributed by atoms with E-state index in [-0.39, 0.29) is 16.2 Å². The first-order valence-electron chi connectivity index (χ1n) is 8.79. The minimum absolute atomic E-state index is 0.00730. The number of amides is 1. The van der Waals surface area contributed by atoms with Gasteiger partial charge in [-0.2, -0.15) is 4.99 Å². The van der Waals surface area contributed by atoms with Crippen LogP contribution in [0, 0.1) is 13.8 Å². The number of aromatic nitrogens is 1. The van der Waals surface area contributed by atoms with Crippen LogP contribution in [0.3, 0.4) is 0 Å². The summed E-state index contributed by atoms with van der Waals surface area (Å²) < 4.78 is 27.2. The predicted octanol–water partition coefficient (Wildman–Crippen LogP) is 3.87. The summed E-state index contributed by atoms with van der Waals surface area (Å²) in [5.41, 5.74) is 3.72. The van der Waals surface area contributed by atoms with Crippen LogP contribution in [0.25, 0.3) is 10.2 Å². The van der Waals surface area contributed by atoms with Crippen molar-refractivity contribution in [1.29, 1.82) is 0 Å². The zero-order valence-electron chi connectivity index (χ0n) is 15.8. The van der Waals surface area contributed by atoms with Gasteiger partial charge in [-0.1, -0.05) is 24.3 Å². The molecule has 1 amide bonds. The smallest absolute Gasteiger partial charge is 0.279 e. The van der Waals surface area contributed by atoms with Crippen LogP contribution >= 0.6 is 11.3 Å². The van der Waals surface area contributed by atoms with Gasteiger partial charge in [0, 0.05) is 12.1 Å². The maximum atomic E-state index is 12.7. The molecule has 0 saturated heterocycles. The van der Waals surface area contributed by atoms with E-state index in [0.717, 1.165) is 10.2 Å². The van der Waals surface area contributed by atoms with Crippen LogP contribution in [0.4, 0.5) is 0 Å². The number of carbonyl (C=O) groups excluding carboxylic acids is 1. The highest BCUT2D eigenvalue weighted by molar-refractivity contribution is 7.91. The topological polar surface area (TPSA) is 68.5 Å². The molecule has 3 aromatic rings. The molecule has 0 atom stereocenters. The fourth-order valence-electron chi connectivity index (χ4n) is 2.85. The molecule has 0 saturated carbocycles. The molecule has 0 bridgehead atoms. The van der Waals surface area contributed by atoms with Crippen molar-refractivity contribution in [2.45, 2.75) is 39.1 Å². The van der Waals surface area contributed by atoms with E-state index in [9.17, 15) is 13.2 Å². The molecule has 0 aliphatic heterocycles. The molecule has 0 fully saturated rings. The van der Waals surface area contributed by atoms with Gasteiger partial charge in [0.05, 0.1) is 20.9 Å². The first-order chi connectivity index (χ1) is 12.8. The summed E-state index contributed by atoms with van der Waals surface area (Å²) in [6.45, 7) is 8.41. The van der Waals surface area contributed by atoms with Crippen molar-refractivity contribution in [3.05, 3.63) is 57.9 Å². The van der Waals surface area contributed by atoms with E-state index in [1.165, 1.54) is 34.6 Å². The van der Waals surface area contributed by atoms with Gasteiger partial charge in [0.1, 0.15) is 0 Å². The Labute approximate surface area is 162 Å². The van der Waals surface area contributed by atoms with E-state index in [1.807, 2.05) is 11.5 Å². The van der Waals surface area contributed by atoms with Crippen LogP contribution in [-0.4, -0.2) is 24.6 Å². The predicted molar refractivity (Wildman–Crippen MR) is 109 cm³/mol. The Morgan fingerprint density at radius 2 is 1.81 bits per heavy atom. The number of nitrogens with zero attached hydrogens (tertiary/aromatic N) is 2. The number of fused-ring (bicyclic) bond motifs is 1. The molecule has 7 heteroatoms. The quantitative estimate of drug-likeness (QED) is 0.665. The lowest BCUT2D eigenvalue weighted by Gasteiger charge is -2.04. The van der Waals surface area contributed by atoms with Gasteiger partial charge in [-0.15, -0.1) is 0 Å². The molecule has 0 radical (unpaired) electrons. The molecule has 0 aliphatic rings. The van der Waals surface area contributed by atoms with Crippen LogP contribution < -0.4 is 4.80 Å². The Bertz CT molecular complexity index is 1200. The number of rotatable bonds is 4. The second-order valence-corrected chi connectivity index (χ2v) is 9.67. The molecule has 2 aromatic carbocycles. The summed E-state index contributed by atoms with van der Waals surface area (Å²) in [5, 5.41) is 0. The summed E-state index contributed by atoms with van der Waals surface area (Å²) >= 11 is 1.47. The Morgan fingerprint density at radius 1 is 1.11 bits per heavy atom. The molecule has 142 valence electrons. The van der Waals surface area contributed by atoms with Gasteiger partial charge in [0.15, 0.2) is 14.6 Å². The van der Waals surface area contributed by atoms with Crippen molar-refractivity contribution < 1.29 is 13.2 Å². The third-order valence-electron chi connectivity index (χ3n) is 4.63. The van der Waals surface area contributed by atoms with E-state index < -0.39 is 15.7 Å². The summed E-state index contributed by atoms with van der Waals surface area (Å²) in [5.74, 6) is -0.447. The first kappa shape index (κ1) is 19.5. The molecular formula is C20H22N2O3S2. The third kappa shape index (κ3) is 3.75. The van der Waals surface area contributed by atoms with Crippen molar-refractivity contribution >= 4 is 37.3 Å². The molecule has 0 N–H and O–H groups in total. The Morgan fingerprint density at radius 3 is 2.48 bits per heavy atom. The van der Waals surface area contributed by atoms with Gasteiger partial charge >= 0.3 is 0 Å². The van der Waals surface area contributed by atoms with Crippen LogP contribution in [0.15, 0.2) is 46.3 Å². The largest absolute Gasteiger partial charge is 0.317 e. The Kier molecular flexibility index (Phi) is 5.35. The van der Waals surface area contributed by atoms with Gasteiger partial charge < -0.3 is 4.57 Å². The maximum Gasteiger partial charge on any atom is 0.279 e. The number of sulfone groups is 1. The van der Waals surface area contributed by atoms with Gasteiger partial charge in [-0.3, -0.25) is 4.79 Å². The molecule has 0 aliphatic carbocycles. The lowest BCUT2D eigenvalue weighted by Crippen LogP contribution is -2.16. The lowest BCUT2D eigenvalue weighted by atomic mass is 10.1. The monoisotopic (exact) mass is 402 g/mol. The molecule has 1 heterocycles.